The largest absolute Gasteiger partial charge is 0.412 e. The van der Waals surface area contributed by atoms with Crippen LogP contribution in [0.25, 0.3) is 0 Å². The van der Waals surface area contributed by atoms with E-state index in [-0.39, 0.29) is 24.5 Å². The van der Waals surface area contributed by atoms with Crippen molar-refractivity contribution in [3.8, 4) is 0 Å². The normalized spacial score (nSPS) is 13.8. The van der Waals surface area contributed by atoms with Gasteiger partial charge in [0.15, 0.2) is 8.32 Å². The maximum Gasteiger partial charge on any atom is 0.192 e. The van der Waals surface area contributed by atoms with Crippen molar-refractivity contribution in [3.63, 3.8) is 0 Å². The third-order valence-electron chi connectivity index (χ3n) is 4.02. The van der Waals surface area contributed by atoms with Crippen molar-refractivity contribution in [2.24, 2.45) is 0 Å². The van der Waals surface area contributed by atoms with Crippen LogP contribution in [0, 0.1) is 0 Å². The lowest BCUT2D eigenvalue weighted by Crippen LogP contribution is -2.41. The Balaban J connectivity index is 4.89. The Hall–Kier alpha value is -0.423. The molecule has 0 spiro atoms. The van der Waals surface area contributed by atoms with Crippen LogP contribution in [0.2, 0.25) is 18.1 Å². The average Bonchev–Trinajstić information content (AvgIpc) is 2.38. The molecule has 1 N–H and O–H groups in total. The van der Waals surface area contributed by atoms with E-state index in [1.165, 1.54) is 0 Å². The second kappa shape index (κ2) is 8.88. The first-order chi connectivity index (χ1) is 9.55. The molecule has 0 radical (unpaired) electrons. The van der Waals surface area contributed by atoms with Crippen LogP contribution in [0.5, 0.6) is 0 Å². The zero-order valence-electron chi connectivity index (χ0n) is 14.9. The maximum absolute atomic E-state index is 9.49. The van der Waals surface area contributed by atoms with E-state index in [4.69, 9.17) is 13.9 Å². The Kier molecular flexibility index (Phi) is 8.70. The van der Waals surface area contributed by atoms with Gasteiger partial charge in [0.2, 0.25) is 0 Å². The Morgan fingerprint density at radius 3 is 2.29 bits per heavy atom. The summed E-state index contributed by atoms with van der Waals surface area (Å²) >= 11 is 0. The summed E-state index contributed by atoms with van der Waals surface area (Å²) in [6.07, 6.45) is -0.0978. The minimum absolute atomic E-state index is 0.0526. The molecule has 0 heterocycles. The molecule has 0 aliphatic heterocycles. The summed E-state index contributed by atoms with van der Waals surface area (Å²) in [5.74, 6) is 0. The lowest BCUT2D eigenvalue weighted by Gasteiger charge is -2.36. The number of methoxy groups -OCH3 is 1. The molecule has 0 saturated heterocycles. The van der Waals surface area contributed by atoms with E-state index in [1.54, 1.807) is 7.11 Å². The Morgan fingerprint density at radius 1 is 1.29 bits per heavy atom. The van der Waals surface area contributed by atoms with E-state index in [0.29, 0.717) is 6.61 Å². The minimum Gasteiger partial charge on any atom is -0.412 e. The van der Waals surface area contributed by atoms with Crippen molar-refractivity contribution in [3.05, 3.63) is 16.9 Å². The van der Waals surface area contributed by atoms with Crippen LogP contribution in [-0.4, -0.2) is 46.6 Å². The summed E-state index contributed by atoms with van der Waals surface area (Å²) < 4.78 is 16.4. The summed E-state index contributed by atoms with van der Waals surface area (Å²) in [4.78, 5) is 0. The van der Waals surface area contributed by atoms with Gasteiger partial charge in [0.25, 0.3) is 0 Å². The van der Waals surface area contributed by atoms with Crippen LogP contribution >= 0.6 is 0 Å². The van der Waals surface area contributed by atoms with Crippen LogP contribution in [-0.2, 0) is 13.9 Å². The molecule has 0 aliphatic rings. The van der Waals surface area contributed by atoms with Gasteiger partial charge in [0.1, 0.15) is 6.79 Å². The first kappa shape index (κ1) is 20.6. The van der Waals surface area contributed by atoms with E-state index >= 15 is 0 Å². The van der Waals surface area contributed by atoms with Crippen molar-refractivity contribution in [1.29, 1.82) is 0 Å². The molecule has 0 aromatic heterocycles. The van der Waals surface area contributed by atoms with E-state index in [0.717, 1.165) is 11.1 Å². The van der Waals surface area contributed by atoms with Gasteiger partial charge in [-0.2, -0.15) is 0 Å². The molecule has 0 unspecified atom stereocenters. The van der Waals surface area contributed by atoms with E-state index < -0.39 is 8.32 Å². The zero-order valence-corrected chi connectivity index (χ0v) is 15.9. The third-order valence-corrected chi connectivity index (χ3v) is 8.50. The van der Waals surface area contributed by atoms with Gasteiger partial charge in [-0.05, 0) is 37.6 Å². The highest BCUT2D eigenvalue weighted by atomic mass is 28.4. The predicted molar refractivity (Wildman–Crippen MR) is 88.9 cm³/mol. The van der Waals surface area contributed by atoms with Crippen LogP contribution < -0.4 is 0 Å². The van der Waals surface area contributed by atoms with Gasteiger partial charge in [-0.25, -0.2) is 0 Å². The monoisotopic (exact) mass is 316 g/mol. The van der Waals surface area contributed by atoms with Gasteiger partial charge in [0, 0.05) is 12.7 Å². The number of aliphatic hydroxyl groups excluding tert-OH is 1. The second-order valence-corrected chi connectivity index (χ2v) is 11.6. The fraction of sp³-hybridized carbons (Fsp3) is 0.812. The smallest absolute Gasteiger partial charge is 0.192 e. The van der Waals surface area contributed by atoms with Crippen molar-refractivity contribution in [2.75, 3.05) is 27.1 Å². The number of rotatable bonds is 8. The van der Waals surface area contributed by atoms with Crippen LogP contribution in [0.1, 0.15) is 34.6 Å². The highest BCUT2D eigenvalue weighted by Crippen LogP contribution is 2.36. The van der Waals surface area contributed by atoms with Crippen LogP contribution in [0.4, 0.5) is 0 Å². The molecular weight excluding hydrogens is 284 g/mol. The fourth-order valence-electron chi connectivity index (χ4n) is 1.28. The van der Waals surface area contributed by atoms with Gasteiger partial charge < -0.3 is 19.0 Å². The fourth-order valence-corrected chi connectivity index (χ4v) is 2.25. The second-order valence-electron chi connectivity index (χ2n) is 6.83. The Bertz CT molecular complexity index is 376. The van der Waals surface area contributed by atoms with Gasteiger partial charge in [-0.3, -0.25) is 0 Å². The number of ether oxygens (including phenoxy) is 2. The first-order valence-electron chi connectivity index (χ1n) is 7.35. The first-order valence-corrected chi connectivity index (χ1v) is 10.3. The Morgan fingerprint density at radius 2 is 1.86 bits per heavy atom. The molecule has 0 fully saturated rings. The summed E-state index contributed by atoms with van der Waals surface area (Å²) in [5, 5.41) is 9.64. The van der Waals surface area contributed by atoms with Crippen molar-refractivity contribution in [1.82, 2.24) is 0 Å². The molecule has 1 atom stereocenters. The average molecular weight is 317 g/mol. The molecule has 0 bridgehead atoms. The minimum atomic E-state index is -1.82. The van der Waals surface area contributed by atoms with Crippen LogP contribution in [0.15, 0.2) is 16.9 Å². The molecule has 4 nitrogen and oxygen atoms in total. The molecule has 124 valence electrons. The summed E-state index contributed by atoms with van der Waals surface area (Å²) in [6.45, 7) is 15.5. The predicted octanol–water partition coefficient (Wildman–Crippen LogP) is 3.48. The standard InChI is InChI=1S/C16H32O4Si/c1-13(14(2)19-12-18-6)9-15(10-17)11-20-21(7,8)16(3,4)5/h14,17H,10-12H2,1-8H3/t9?,14-/m0/s1. The third kappa shape index (κ3) is 7.41. The highest BCUT2D eigenvalue weighted by Gasteiger charge is 2.37. The molecule has 0 aliphatic carbocycles. The zero-order chi connectivity index (χ0) is 16.7. The molecule has 0 saturated carbocycles. The number of hydrogen-bond acceptors (Lipinski definition) is 4. The molecule has 0 rings (SSSR count). The molecule has 0 amide bonds. The van der Waals surface area contributed by atoms with E-state index in [2.05, 4.69) is 39.6 Å². The van der Waals surface area contributed by atoms with Gasteiger partial charge in [-0.1, -0.05) is 20.8 Å². The van der Waals surface area contributed by atoms with Gasteiger partial charge in [0.05, 0.1) is 19.3 Å². The quantitative estimate of drug-likeness (QED) is 0.423. The van der Waals surface area contributed by atoms with Crippen molar-refractivity contribution in [2.45, 2.75) is 58.9 Å². The van der Waals surface area contributed by atoms with Crippen LogP contribution in [0.3, 0.4) is 0 Å². The summed E-state index contributed by atoms with van der Waals surface area (Å²) in [5.41, 5.74) is 4.88. The molecule has 5 heteroatoms. The lowest BCUT2D eigenvalue weighted by atomic mass is 10.1. The van der Waals surface area contributed by atoms with E-state index in [9.17, 15) is 5.11 Å². The maximum atomic E-state index is 9.49. The van der Waals surface area contributed by atoms with Crippen molar-refractivity contribution < 1.29 is 19.0 Å². The topological polar surface area (TPSA) is 47.9 Å². The highest BCUT2D eigenvalue weighted by molar-refractivity contribution is 6.74. The van der Waals surface area contributed by atoms with Gasteiger partial charge in [-0.15, -0.1) is 5.73 Å². The van der Waals surface area contributed by atoms with Crippen molar-refractivity contribution >= 4 is 8.32 Å². The number of aliphatic hydroxyl groups is 1. The lowest BCUT2D eigenvalue weighted by molar-refractivity contribution is -0.0529. The molecule has 0 aromatic carbocycles. The molecule has 21 heavy (non-hydrogen) atoms. The Labute approximate surface area is 130 Å². The summed E-state index contributed by atoms with van der Waals surface area (Å²) in [6, 6.07) is 0. The number of hydrogen-bond donors (Lipinski definition) is 1. The summed E-state index contributed by atoms with van der Waals surface area (Å²) in [7, 11) is -0.225. The molecular formula is C16H32O4Si. The van der Waals surface area contributed by atoms with E-state index in [1.807, 2.05) is 13.8 Å². The molecule has 0 aromatic rings. The SMILES string of the molecule is COCO[C@@H](C)C(C)=C=C(CO)CO[Si](C)(C)C(C)(C)C. The van der Waals surface area contributed by atoms with Gasteiger partial charge >= 0.3 is 0 Å².